The van der Waals surface area contributed by atoms with Crippen LogP contribution in [0.2, 0.25) is 0 Å². The summed E-state index contributed by atoms with van der Waals surface area (Å²) in [5, 5.41) is 0. The summed E-state index contributed by atoms with van der Waals surface area (Å²) < 4.78 is 0. The van der Waals surface area contributed by atoms with Crippen LogP contribution in [0.4, 0.5) is 5.82 Å². The molecule has 0 saturated heterocycles. The van der Waals surface area contributed by atoms with E-state index in [1.54, 1.807) is 12.1 Å². The molecule has 1 heterocycles. The van der Waals surface area contributed by atoms with Crippen LogP contribution in [0.1, 0.15) is 5.69 Å². The molecular weight excluding hydrogens is 111 g/mol. The molecule has 1 aromatic rings. The predicted molar refractivity (Wildman–Crippen MR) is 38.8 cm³/mol. The molecule has 1 rings (SSSR count). The highest BCUT2D eigenvalue weighted by molar-refractivity contribution is 6.33. The number of anilines is 1. The molecule has 0 fully saturated rings. The molecule has 0 unspecified atom stereocenters. The van der Waals surface area contributed by atoms with Crippen molar-refractivity contribution in [2.45, 2.75) is 6.92 Å². The molecule has 1 aromatic heterocycles. The largest absolute Gasteiger partial charge is 0.384 e. The first kappa shape index (κ1) is 6.14. The molecule has 3 heteroatoms. The molecule has 0 saturated carbocycles. The Balaban J connectivity index is 3.17. The zero-order valence-corrected chi connectivity index (χ0v) is 5.26. The van der Waals surface area contributed by atoms with Gasteiger partial charge in [0.15, 0.2) is 0 Å². The van der Waals surface area contributed by atoms with Crippen molar-refractivity contribution in [3.05, 3.63) is 17.8 Å². The zero-order valence-electron chi connectivity index (χ0n) is 5.26. The minimum absolute atomic E-state index is 0.515. The quantitative estimate of drug-likeness (QED) is 0.477. The maximum atomic E-state index is 5.47. The van der Waals surface area contributed by atoms with Crippen LogP contribution in [0.5, 0.6) is 0 Å². The number of nitrogen functional groups attached to an aromatic ring is 1. The van der Waals surface area contributed by atoms with Crippen LogP contribution in [-0.4, -0.2) is 12.8 Å². The summed E-state index contributed by atoms with van der Waals surface area (Å²) in [6.45, 7) is 1.83. The Morgan fingerprint density at radius 3 is 2.67 bits per heavy atom. The first-order valence-electron chi connectivity index (χ1n) is 2.69. The molecule has 2 radical (unpaired) electrons. The number of hydrogen-bond donors (Lipinski definition) is 1. The van der Waals surface area contributed by atoms with E-state index in [4.69, 9.17) is 13.6 Å². The number of pyridine rings is 1. The normalized spacial score (nSPS) is 9.44. The van der Waals surface area contributed by atoms with Gasteiger partial charge in [-0.05, 0) is 13.0 Å². The molecule has 44 valence electrons. The number of aromatic nitrogens is 1. The van der Waals surface area contributed by atoms with Gasteiger partial charge in [-0.15, -0.1) is 0 Å². The van der Waals surface area contributed by atoms with Crippen LogP contribution in [0, 0.1) is 6.92 Å². The summed E-state index contributed by atoms with van der Waals surface area (Å²) >= 11 is 0. The topological polar surface area (TPSA) is 38.9 Å². The zero-order chi connectivity index (χ0) is 6.85. The summed E-state index contributed by atoms with van der Waals surface area (Å²) in [5.74, 6) is 0.515. The van der Waals surface area contributed by atoms with Crippen molar-refractivity contribution in [1.29, 1.82) is 0 Å². The van der Waals surface area contributed by atoms with Crippen molar-refractivity contribution in [3.63, 3.8) is 0 Å². The summed E-state index contributed by atoms with van der Waals surface area (Å²) in [4.78, 5) is 3.93. The molecule has 0 aliphatic heterocycles. The van der Waals surface area contributed by atoms with E-state index in [9.17, 15) is 0 Å². The van der Waals surface area contributed by atoms with Crippen LogP contribution in [0.25, 0.3) is 0 Å². The molecule has 0 aromatic carbocycles. The van der Waals surface area contributed by atoms with Crippen LogP contribution in [0.15, 0.2) is 12.1 Å². The van der Waals surface area contributed by atoms with Crippen molar-refractivity contribution >= 4 is 19.1 Å². The van der Waals surface area contributed by atoms with Gasteiger partial charge >= 0.3 is 0 Å². The third-order valence-electron chi connectivity index (χ3n) is 1.15. The van der Waals surface area contributed by atoms with Crippen molar-refractivity contribution in [3.8, 4) is 0 Å². The molecule has 0 amide bonds. The van der Waals surface area contributed by atoms with E-state index < -0.39 is 0 Å². The number of rotatable bonds is 0. The van der Waals surface area contributed by atoms with E-state index in [-0.39, 0.29) is 0 Å². The van der Waals surface area contributed by atoms with Crippen LogP contribution < -0.4 is 11.2 Å². The van der Waals surface area contributed by atoms with Crippen molar-refractivity contribution < 1.29 is 0 Å². The van der Waals surface area contributed by atoms with Crippen LogP contribution in [-0.2, 0) is 0 Å². The molecule has 0 aliphatic carbocycles. The highest BCUT2D eigenvalue weighted by atomic mass is 14.8. The van der Waals surface area contributed by atoms with Gasteiger partial charge in [-0.1, -0.05) is 11.5 Å². The molecule has 9 heavy (non-hydrogen) atoms. The second kappa shape index (κ2) is 2.09. The van der Waals surface area contributed by atoms with Crippen molar-refractivity contribution in [1.82, 2.24) is 4.98 Å². The van der Waals surface area contributed by atoms with E-state index in [1.165, 1.54) is 0 Å². The Morgan fingerprint density at radius 1 is 1.56 bits per heavy atom. The van der Waals surface area contributed by atoms with Crippen LogP contribution >= 0.6 is 0 Å². The van der Waals surface area contributed by atoms with Gasteiger partial charge in [0.1, 0.15) is 13.7 Å². The van der Waals surface area contributed by atoms with Gasteiger partial charge in [-0.3, -0.25) is 0 Å². The summed E-state index contributed by atoms with van der Waals surface area (Å²) in [5.41, 5.74) is 6.83. The van der Waals surface area contributed by atoms with Crippen LogP contribution in [0.3, 0.4) is 0 Å². The molecular formula is C6H7BN2. The predicted octanol–water partition coefficient (Wildman–Crippen LogP) is -0.234. The summed E-state index contributed by atoms with van der Waals surface area (Å²) in [6.07, 6.45) is 0. The fraction of sp³-hybridized carbons (Fsp3) is 0.167. The summed E-state index contributed by atoms with van der Waals surface area (Å²) in [6, 6.07) is 3.43. The lowest BCUT2D eigenvalue weighted by Gasteiger charge is -1.97. The first-order chi connectivity index (χ1) is 4.20. The number of aryl methyl sites for hydroxylation is 1. The maximum absolute atomic E-state index is 5.47. The number of nitrogens with zero attached hydrogens (tertiary/aromatic N) is 1. The minimum Gasteiger partial charge on any atom is -0.384 e. The Kier molecular flexibility index (Phi) is 1.43. The minimum atomic E-state index is 0.515. The highest BCUT2D eigenvalue weighted by Crippen LogP contribution is 1.93. The second-order valence-electron chi connectivity index (χ2n) is 1.91. The van der Waals surface area contributed by atoms with Gasteiger partial charge in [0.05, 0.1) is 0 Å². The smallest absolute Gasteiger partial charge is 0.123 e. The molecule has 0 spiro atoms. The van der Waals surface area contributed by atoms with Gasteiger partial charge in [0, 0.05) is 5.69 Å². The fourth-order valence-corrected chi connectivity index (χ4v) is 0.591. The molecule has 0 bridgehead atoms. The average Bonchev–Trinajstić information content (AvgIpc) is 1.80. The van der Waals surface area contributed by atoms with Crippen molar-refractivity contribution in [2.24, 2.45) is 0 Å². The van der Waals surface area contributed by atoms with E-state index >= 15 is 0 Å². The summed E-state index contributed by atoms with van der Waals surface area (Å²) in [7, 11) is 5.47. The molecule has 0 aliphatic rings. The lowest BCUT2D eigenvalue weighted by Crippen LogP contribution is -2.09. The number of nitrogens with two attached hydrogens (primary N) is 1. The first-order valence-corrected chi connectivity index (χ1v) is 2.69. The molecule has 2 nitrogen and oxygen atoms in total. The van der Waals surface area contributed by atoms with Gasteiger partial charge < -0.3 is 5.73 Å². The highest BCUT2D eigenvalue weighted by Gasteiger charge is 1.90. The molecule has 2 N–H and O–H groups in total. The van der Waals surface area contributed by atoms with Gasteiger partial charge in [0.25, 0.3) is 0 Å². The van der Waals surface area contributed by atoms with E-state index in [1.807, 2.05) is 6.92 Å². The maximum Gasteiger partial charge on any atom is 0.123 e. The fourth-order valence-electron chi connectivity index (χ4n) is 0.591. The second-order valence-corrected chi connectivity index (χ2v) is 1.91. The van der Waals surface area contributed by atoms with Crippen molar-refractivity contribution in [2.75, 3.05) is 5.73 Å². The number of hydrogen-bond acceptors (Lipinski definition) is 2. The molecule has 0 atom stereocenters. The standard InChI is InChI=1S/C6H7BN2/c1-4-5(7)2-3-6(8)9-4/h2-3H,1H3,(H2,8,9). The lowest BCUT2D eigenvalue weighted by atomic mass is 9.95. The van der Waals surface area contributed by atoms with Gasteiger partial charge in [0.2, 0.25) is 0 Å². The Morgan fingerprint density at radius 2 is 2.22 bits per heavy atom. The average molecular weight is 118 g/mol. The third kappa shape index (κ3) is 1.22. The SMILES string of the molecule is [B]c1ccc(N)nc1C. The Hall–Kier alpha value is -0.985. The van der Waals surface area contributed by atoms with Gasteiger partial charge in [-0.25, -0.2) is 4.98 Å². The Bertz CT molecular complexity index is 222. The third-order valence-corrected chi connectivity index (χ3v) is 1.15. The monoisotopic (exact) mass is 118 g/mol. The van der Waals surface area contributed by atoms with Gasteiger partial charge in [-0.2, -0.15) is 0 Å². The Labute approximate surface area is 55.5 Å². The van der Waals surface area contributed by atoms with E-state index in [0.29, 0.717) is 11.3 Å². The van der Waals surface area contributed by atoms with E-state index in [2.05, 4.69) is 4.98 Å². The lowest BCUT2D eigenvalue weighted by molar-refractivity contribution is 1.23. The van der Waals surface area contributed by atoms with E-state index in [0.717, 1.165) is 5.69 Å².